The summed E-state index contributed by atoms with van der Waals surface area (Å²) >= 11 is 0. The van der Waals surface area contributed by atoms with E-state index in [1.165, 1.54) is 0 Å². The molecule has 2 unspecified atom stereocenters. The first-order chi connectivity index (χ1) is 8.04. The van der Waals surface area contributed by atoms with Crippen LogP contribution in [0.1, 0.15) is 27.2 Å². The Kier molecular flexibility index (Phi) is 4.15. The SMILES string of the molecule is CC(C)(C)OC(=O)N1CC(C(F)(F)F)CC1CN. The van der Waals surface area contributed by atoms with Gasteiger partial charge in [0.15, 0.2) is 0 Å². The lowest BCUT2D eigenvalue weighted by molar-refractivity contribution is -0.170. The van der Waals surface area contributed by atoms with Gasteiger partial charge in [0.25, 0.3) is 0 Å². The van der Waals surface area contributed by atoms with Crippen molar-refractivity contribution in [3.05, 3.63) is 0 Å². The van der Waals surface area contributed by atoms with E-state index in [-0.39, 0.29) is 19.5 Å². The van der Waals surface area contributed by atoms with Crippen LogP contribution in [0.15, 0.2) is 0 Å². The third kappa shape index (κ3) is 3.76. The second kappa shape index (κ2) is 4.95. The molecule has 1 aliphatic heterocycles. The molecule has 18 heavy (non-hydrogen) atoms. The van der Waals surface area contributed by atoms with Crippen LogP contribution < -0.4 is 5.73 Å². The van der Waals surface area contributed by atoms with Crippen molar-refractivity contribution in [2.45, 2.75) is 45.0 Å². The largest absolute Gasteiger partial charge is 0.444 e. The smallest absolute Gasteiger partial charge is 0.410 e. The van der Waals surface area contributed by atoms with Crippen molar-refractivity contribution >= 4 is 6.09 Å². The van der Waals surface area contributed by atoms with Crippen molar-refractivity contribution in [2.75, 3.05) is 13.1 Å². The van der Waals surface area contributed by atoms with Crippen LogP contribution >= 0.6 is 0 Å². The summed E-state index contributed by atoms with van der Waals surface area (Å²) in [5, 5.41) is 0. The van der Waals surface area contributed by atoms with Gasteiger partial charge >= 0.3 is 12.3 Å². The average Bonchev–Trinajstić information content (AvgIpc) is 2.57. The Morgan fingerprint density at radius 1 is 1.39 bits per heavy atom. The summed E-state index contributed by atoms with van der Waals surface area (Å²) in [5.41, 5.74) is 4.68. The molecule has 1 fully saturated rings. The Morgan fingerprint density at radius 3 is 2.33 bits per heavy atom. The zero-order valence-electron chi connectivity index (χ0n) is 10.8. The third-order valence-electron chi connectivity index (χ3n) is 2.78. The van der Waals surface area contributed by atoms with Crippen molar-refractivity contribution in [1.29, 1.82) is 0 Å². The maximum absolute atomic E-state index is 12.6. The maximum atomic E-state index is 12.6. The summed E-state index contributed by atoms with van der Waals surface area (Å²) in [4.78, 5) is 12.9. The number of ether oxygens (including phenoxy) is 1. The Balaban J connectivity index is 2.73. The molecule has 0 saturated carbocycles. The van der Waals surface area contributed by atoms with Crippen LogP contribution in [0.3, 0.4) is 0 Å². The molecular weight excluding hydrogens is 249 g/mol. The lowest BCUT2D eigenvalue weighted by atomic mass is 10.1. The zero-order chi connectivity index (χ0) is 14.1. The molecule has 1 aliphatic rings. The molecule has 0 aromatic heterocycles. The molecule has 0 aliphatic carbocycles. The van der Waals surface area contributed by atoms with Crippen LogP contribution in [0.5, 0.6) is 0 Å². The third-order valence-corrected chi connectivity index (χ3v) is 2.78. The van der Waals surface area contributed by atoms with Crippen LogP contribution in [0, 0.1) is 5.92 Å². The minimum atomic E-state index is -4.30. The Hall–Kier alpha value is -0.980. The molecule has 0 aromatic carbocycles. The summed E-state index contributed by atoms with van der Waals surface area (Å²) < 4.78 is 43.0. The van der Waals surface area contributed by atoms with Gasteiger partial charge < -0.3 is 15.4 Å². The average molecular weight is 268 g/mol. The first-order valence-electron chi connectivity index (χ1n) is 5.81. The molecule has 106 valence electrons. The van der Waals surface area contributed by atoms with Gasteiger partial charge in [0, 0.05) is 19.1 Å². The molecule has 0 spiro atoms. The molecular formula is C11H19F3N2O2. The fourth-order valence-electron chi connectivity index (χ4n) is 1.92. The fourth-order valence-corrected chi connectivity index (χ4v) is 1.92. The number of hydrogen-bond donors (Lipinski definition) is 1. The van der Waals surface area contributed by atoms with Gasteiger partial charge in [0.2, 0.25) is 0 Å². The van der Waals surface area contributed by atoms with Gasteiger partial charge in [-0.05, 0) is 27.2 Å². The monoisotopic (exact) mass is 268 g/mol. The maximum Gasteiger partial charge on any atom is 0.410 e. The summed E-state index contributed by atoms with van der Waals surface area (Å²) in [5.74, 6) is -1.52. The van der Waals surface area contributed by atoms with Gasteiger partial charge in [-0.25, -0.2) is 4.79 Å². The van der Waals surface area contributed by atoms with E-state index in [1.807, 2.05) is 0 Å². The highest BCUT2D eigenvalue weighted by atomic mass is 19.4. The molecule has 2 atom stereocenters. The molecule has 1 saturated heterocycles. The number of carbonyl (C=O) groups excluding carboxylic acids is 1. The fraction of sp³-hybridized carbons (Fsp3) is 0.909. The standard InChI is InChI=1S/C11H19F3N2O2/c1-10(2,3)18-9(17)16-6-7(11(12,13)14)4-8(16)5-15/h7-8H,4-6,15H2,1-3H3. The molecule has 2 N–H and O–H groups in total. The van der Waals surface area contributed by atoms with Crippen molar-refractivity contribution in [3.63, 3.8) is 0 Å². The van der Waals surface area contributed by atoms with Crippen molar-refractivity contribution in [1.82, 2.24) is 4.90 Å². The summed E-state index contributed by atoms with van der Waals surface area (Å²) in [6.45, 7) is 4.63. The predicted octanol–water partition coefficient (Wildman–Crippen LogP) is 2.13. The summed E-state index contributed by atoms with van der Waals surface area (Å²) in [7, 11) is 0. The van der Waals surface area contributed by atoms with Gasteiger partial charge in [0.1, 0.15) is 5.60 Å². The highest BCUT2D eigenvalue weighted by Crippen LogP contribution is 2.36. The Bertz CT molecular complexity index is 312. The lowest BCUT2D eigenvalue weighted by Gasteiger charge is -2.28. The van der Waals surface area contributed by atoms with E-state index < -0.39 is 29.8 Å². The second-order valence-electron chi connectivity index (χ2n) is 5.50. The van der Waals surface area contributed by atoms with Crippen LogP contribution in [0.4, 0.5) is 18.0 Å². The topological polar surface area (TPSA) is 55.6 Å². The van der Waals surface area contributed by atoms with Gasteiger partial charge in [-0.3, -0.25) is 0 Å². The minimum Gasteiger partial charge on any atom is -0.444 e. The molecule has 1 rings (SSSR count). The van der Waals surface area contributed by atoms with Gasteiger partial charge in [-0.1, -0.05) is 0 Å². The van der Waals surface area contributed by atoms with E-state index in [1.54, 1.807) is 20.8 Å². The summed E-state index contributed by atoms with van der Waals surface area (Å²) in [6, 6.07) is -0.605. The highest BCUT2D eigenvalue weighted by Gasteiger charge is 2.49. The molecule has 4 nitrogen and oxygen atoms in total. The van der Waals surface area contributed by atoms with Gasteiger partial charge in [0.05, 0.1) is 5.92 Å². The van der Waals surface area contributed by atoms with Crippen LogP contribution in [0.25, 0.3) is 0 Å². The molecule has 7 heteroatoms. The molecule has 0 radical (unpaired) electrons. The predicted molar refractivity (Wildman–Crippen MR) is 59.9 cm³/mol. The van der Waals surface area contributed by atoms with Crippen molar-refractivity contribution < 1.29 is 22.7 Å². The first kappa shape index (κ1) is 15.1. The minimum absolute atomic E-state index is 0.00578. The number of nitrogens with two attached hydrogens (primary N) is 1. The van der Waals surface area contributed by atoms with Gasteiger partial charge in [-0.2, -0.15) is 13.2 Å². The molecule has 1 heterocycles. The quantitative estimate of drug-likeness (QED) is 0.792. The van der Waals surface area contributed by atoms with E-state index in [4.69, 9.17) is 10.5 Å². The van der Waals surface area contributed by atoms with Crippen LogP contribution in [-0.4, -0.2) is 41.9 Å². The Morgan fingerprint density at radius 2 is 1.94 bits per heavy atom. The van der Waals surface area contributed by atoms with E-state index in [0.29, 0.717) is 0 Å². The van der Waals surface area contributed by atoms with E-state index >= 15 is 0 Å². The number of hydrogen-bond acceptors (Lipinski definition) is 3. The second-order valence-corrected chi connectivity index (χ2v) is 5.50. The first-order valence-corrected chi connectivity index (χ1v) is 5.81. The van der Waals surface area contributed by atoms with Crippen molar-refractivity contribution in [2.24, 2.45) is 11.7 Å². The van der Waals surface area contributed by atoms with Crippen molar-refractivity contribution in [3.8, 4) is 0 Å². The summed E-state index contributed by atoms with van der Waals surface area (Å²) in [6.07, 6.45) is -5.19. The van der Waals surface area contributed by atoms with E-state index in [0.717, 1.165) is 4.90 Å². The molecule has 0 aromatic rings. The number of halogens is 3. The molecule has 0 bridgehead atoms. The number of nitrogens with zero attached hydrogens (tertiary/aromatic N) is 1. The van der Waals surface area contributed by atoms with Gasteiger partial charge in [-0.15, -0.1) is 0 Å². The zero-order valence-corrected chi connectivity index (χ0v) is 10.8. The highest BCUT2D eigenvalue weighted by molar-refractivity contribution is 5.69. The Labute approximate surface area is 104 Å². The lowest BCUT2D eigenvalue weighted by Crippen LogP contribution is -2.43. The number of alkyl halides is 3. The van der Waals surface area contributed by atoms with Crippen LogP contribution in [0.2, 0.25) is 0 Å². The van der Waals surface area contributed by atoms with E-state index in [2.05, 4.69) is 0 Å². The van der Waals surface area contributed by atoms with E-state index in [9.17, 15) is 18.0 Å². The van der Waals surface area contributed by atoms with Crippen LogP contribution in [-0.2, 0) is 4.74 Å². The number of amides is 1. The normalized spacial score (nSPS) is 25.4. The number of rotatable bonds is 1. The molecule has 1 amide bonds. The number of carbonyl (C=O) groups is 1. The number of likely N-dealkylation sites (tertiary alicyclic amines) is 1.